The van der Waals surface area contributed by atoms with Gasteiger partial charge in [0, 0.05) is 17.1 Å². The Bertz CT molecular complexity index is 444. The normalized spacial score (nSPS) is 11.4. The van der Waals surface area contributed by atoms with E-state index in [0.717, 1.165) is 5.69 Å². The molecule has 1 rings (SSSR count). The molecule has 0 atom stereocenters. The minimum atomic E-state index is -0.892. The monoisotopic (exact) mass is 273 g/mol. The summed E-state index contributed by atoms with van der Waals surface area (Å²) in [5, 5.41) is 12.9. The highest BCUT2D eigenvalue weighted by Gasteiger charge is 2.03. The Morgan fingerprint density at radius 3 is 2.71 bits per heavy atom. The van der Waals surface area contributed by atoms with Crippen molar-refractivity contribution in [1.82, 2.24) is 0 Å². The van der Waals surface area contributed by atoms with Crippen molar-refractivity contribution >= 4 is 34.9 Å². The van der Waals surface area contributed by atoms with Crippen LogP contribution < -0.4 is 5.32 Å². The molecular weight excluding hydrogens is 261 g/mol. The van der Waals surface area contributed by atoms with Crippen molar-refractivity contribution in [2.24, 2.45) is 0 Å². The molecule has 3 nitrogen and oxygen atoms in total. The van der Waals surface area contributed by atoms with Gasteiger partial charge in [0.05, 0.1) is 10.7 Å². The van der Waals surface area contributed by atoms with Crippen LogP contribution in [0.15, 0.2) is 29.8 Å². The fraction of sp³-hybridized carbons (Fsp3) is 0.250. The highest BCUT2D eigenvalue weighted by atomic mass is 35.5. The van der Waals surface area contributed by atoms with Crippen molar-refractivity contribution in [3.8, 4) is 0 Å². The predicted molar refractivity (Wildman–Crippen MR) is 71.0 cm³/mol. The summed E-state index contributed by atoms with van der Waals surface area (Å²) in [6.07, 6.45) is 2.12. The van der Waals surface area contributed by atoms with Gasteiger partial charge in [-0.3, -0.25) is 0 Å². The second kappa shape index (κ2) is 6.52. The van der Waals surface area contributed by atoms with Gasteiger partial charge in [-0.25, -0.2) is 4.79 Å². The van der Waals surface area contributed by atoms with E-state index >= 15 is 0 Å². The molecule has 1 aromatic rings. The third-order valence-electron chi connectivity index (χ3n) is 2.23. The van der Waals surface area contributed by atoms with Crippen LogP contribution in [-0.2, 0) is 4.79 Å². The number of aliphatic carboxylic acids is 1. The molecule has 0 saturated carbocycles. The molecule has 0 aliphatic carbocycles. The molecule has 5 heteroatoms. The van der Waals surface area contributed by atoms with Crippen LogP contribution in [0.3, 0.4) is 0 Å². The zero-order valence-electron chi connectivity index (χ0n) is 9.34. The number of nitrogens with one attached hydrogen (secondary N) is 1. The van der Waals surface area contributed by atoms with Crippen LogP contribution in [-0.4, -0.2) is 17.6 Å². The molecule has 0 aliphatic heterocycles. The van der Waals surface area contributed by atoms with Crippen LogP contribution in [0.1, 0.15) is 13.3 Å². The van der Waals surface area contributed by atoms with Crippen LogP contribution in [0.25, 0.3) is 0 Å². The summed E-state index contributed by atoms with van der Waals surface area (Å²) in [5.74, 6) is -0.892. The van der Waals surface area contributed by atoms with E-state index in [0.29, 0.717) is 28.6 Å². The summed E-state index contributed by atoms with van der Waals surface area (Å²) >= 11 is 11.7. The van der Waals surface area contributed by atoms with E-state index in [2.05, 4.69) is 5.32 Å². The van der Waals surface area contributed by atoms with E-state index in [4.69, 9.17) is 28.3 Å². The molecule has 17 heavy (non-hydrogen) atoms. The predicted octanol–water partition coefficient (Wildman–Crippen LogP) is 3.83. The Morgan fingerprint density at radius 1 is 1.47 bits per heavy atom. The first-order valence-electron chi connectivity index (χ1n) is 5.15. The molecule has 2 N–H and O–H groups in total. The maximum atomic E-state index is 10.7. The lowest BCUT2D eigenvalue weighted by molar-refractivity contribution is -0.132. The van der Waals surface area contributed by atoms with Gasteiger partial charge in [0.1, 0.15) is 0 Å². The lowest BCUT2D eigenvalue weighted by Gasteiger charge is -2.06. The molecule has 0 radical (unpaired) electrons. The van der Waals surface area contributed by atoms with Gasteiger partial charge >= 0.3 is 5.97 Å². The summed E-state index contributed by atoms with van der Waals surface area (Å²) in [4.78, 5) is 10.7. The van der Waals surface area contributed by atoms with Gasteiger partial charge in [0.25, 0.3) is 0 Å². The van der Waals surface area contributed by atoms with E-state index in [1.54, 1.807) is 31.2 Å². The second-order valence-corrected chi connectivity index (χ2v) is 4.24. The third-order valence-corrected chi connectivity index (χ3v) is 2.78. The van der Waals surface area contributed by atoms with Crippen molar-refractivity contribution in [3.63, 3.8) is 0 Å². The lowest BCUT2D eigenvalue weighted by atomic mass is 10.2. The number of carbonyl (C=O) groups is 1. The molecule has 0 aliphatic rings. The summed E-state index contributed by atoms with van der Waals surface area (Å²) in [6.45, 7) is 2.21. The Hall–Kier alpha value is -1.19. The SMILES string of the molecule is CC/C(=C/CNc1ccc(Cl)cc1Cl)C(=O)O. The zero-order chi connectivity index (χ0) is 12.8. The number of halogens is 2. The highest BCUT2D eigenvalue weighted by molar-refractivity contribution is 6.36. The molecule has 0 fully saturated rings. The Kier molecular flexibility index (Phi) is 5.32. The van der Waals surface area contributed by atoms with Crippen LogP contribution in [0.2, 0.25) is 10.0 Å². The molecule has 92 valence electrons. The van der Waals surface area contributed by atoms with Crippen molar-refractivity contribution in [2.75, 3.05) is 11.9 Å². The van der Waals surface area contributed by atoms with Gasteiger partial charge in [-0.05, 0) is 24.6 Å². The number of benzene rings is 1. The number of carboxylic acid groups (broad SMARTS) is 1. The zero-order valence-corrected chi connectivity index (χ0v) is 10.8. The fourth-order valence-electron chi connectivity index (χ4n) is 1.30. The van der Waals surface area contributed by atoms with Crippen molar-refractivity contribution in [3.05, 3.63) is 39.9 Å². The number of carboxylic acids is 1. The summed E-state index contributed by atoms with van der Waals surface area (Å²) in [7, 11) is 0. The minimum absolute atomic E-state index is 0.377. The average molecular weight is 274 g/mol. The van der Waals surface area contributed by atoms with E-state index in [9.17, 15) is 4.79 Å². The average Bonchev–Trinajstić information content (AvgIpc) is 2.26. The second-order valence-electron chi connectivity index (χ2n) is 3.39. The Labute approximate surface area is 110 Å². The smallest absolute Gasteiger partial charge is 0.331 e. The molecule has 0 saturated heterocycles. The van der Waals surface area contributed by atoms with Gasteiger partial charge in [0.2, 0.25) is 0 Å². The number of rotatable bonds is 5. The molecule has 0 unspecified atom stereocenters. The highest BCUT2D eigenvalue weighted by Crippen LogP contribution is 2.25. The third kappa shape index (κ3) is 4.29. The minimum Gasteiger partial charge on any atom is -0.478 e. The maximum Gasteiger partial charge on any atom is 0.331 e. The molecule has 0 bridgehead atoms. The lowest BCUT2D eigenvalue weighted by Crippen LogP contribution is -2.04. The summed E-state index contributed by atoms with van der Waals surface area (Å²) in [6, 6.07) is 5.11. The van der Waals surface area contributed by atoms with Crippen LogP contribution in [0.5, 0.6) is 0 Å². The van der Waals surface area contributed by atoms with Crippen molar-refractivity contribution < 1.29 is 9.90 Å². The van der Waals surface area contributed by atoms with Gasteiger partial charge in [-0.1, -0.05) is 36.2 Å². The van der Waals surface area contributed by atoms with Crippen LogP contribution >= 0.6 is 23.2 Å². The summed E-state index contributed by atoms with van der Waals surface area (Å²) < 4.78 is 0. The molecule has 0 aromatic heterocycles. The number of hydrogen-bond donors (Lipinski definition) is 2. The largest absolute Gasteiger partial charge is 0.478 e. The van der Waals surface area contributed by atoms with E-state index in [-0.39, 0.29) is 0 Å². The van der Waals surface area contributed by atoms with Gasteiger partial charge in [0.15, 0.2) is 0 Å². The van der Waals surface area contributed by atoms with Crippen LogP contribution in [0, 0.1) is 0 Å². The first kappa shape index (κ1) is 13.9. The first-order valence-corrected chi connectivity index (χ1v) is 5.91. The van der Waals surface area contributed by atoms with E-state index in [1.165, 1.54) is 0 Å². The number of hydrogen-bond acceptors (Lipinski definition) is 2. The maximum absolute atomic E-state index is 10.7. The standard InChI is InChI=1S/C12H13Cl2NO2/c1-2-8(12(16)17)5-6-15-11-4-3-9(13)7-10(11)14/h3-5,7,15H,2,6H2,1H3,(H,16,17)/b8-5-. The van der Waals surface area contributed by atoms with Gasteiger partial charge in [-0.15, -0.1) is 0 Å². The first-order chi connectivity index (χ1) is 8.04. The molecule has 0 amide bonds. The fourth-order valence-corrected chi connectivity index (χ4v) is 1.78. The van der Waals surface area contributed by atoms with Crippen molar-refractivity contribution in [2.45, 2.75) is 13.3 Å². The Morgan fingerprint density at radius 2 is 2.18 bits per heavy atom. The molecular formula is C12H13Cl2NO2. The number of anilines is 1. The van der Waals surface area contributed by atoms with E-state index < -0.39 is 5.97 Å². The van der Waals surface area contributed by atoms with Crippen LogP contribution in [0.4, 0.5) is 5.69 Å². The molecule has 0 heterocycles. The molecule has 0 spiro atoms. The van der Waals surface area contributed by atoms with E-state index in [1.807, 2.05) is 0 Å². The Balaban J connectivity index is 2.65. The molecule has 1 aromatic carbocycles. The topological polar surface area (TPSA) is 49.3 Å². The quantitative estimate of drug-likeness (QED) is 0.802. The summed E-state index contributed by atoms with van der Waals surface area (Å²) in [5.41, 5.74) is 1.11. The van der Waals surface area contributed by atoms with Gasteiger partial charge < -0.3 is 10.4 Å². The van der Waals surface area contributed by atoms with Gasteiger partial charge in [-0.2, -0.15) is 0 Å². The van der Waals surface area contributed by atoms with Crippen molar-refractivity contribution in [1.29, 1.82) is 0 Å².